The average Bonchev–Trinajstić information content (AvgIpc) is 2.31. The van der Waals surface area contributed by atoms with Crippen molar-refractivity contribution in [2.75, 3.05) is 13.2 Å². The smallest absolute Gasteiger partial charge is 0.183 e. The summed E-state index contributed by atoms with van der Waals surface area (Å²) in [6.45, 7) is 3.57. The van der Waals surface area contributed by atoms with Crippen molar-refractivity contribution in [2.45, 2.75) is 25.8 Å². The summed E-state index contributed by atoms with van der Waals surface area (Å²) in [5, 5.41) is 3.50. The van der Waals surface area contributed by atoms with Crippen molar-refractivity contribution in [3.8, 4) is 5.75 Å². The summed E-state index contributed by atoms with van der Waals surface area (Å²) in [7, 11) is 0. The molecule has 0 amide bonds. The first-order valence-electron chi connectivity index (χ1n) is 5.58. The third-order valence-corrected chi connectivity index (χ3v) is 3.04. The van der Waals surface area contributed by atoms with Crippen LogP contribution in [-0.2, 0) is 0 Å². The Balaban J connectivity index is 2.28. The molecule has 1 aromatic rings. The maximum absolute atomic E-state index is 13.7. The van der Waals surface area contributed by atoms with Gasteiger partial charge in [0.15, 0.2) is 11.6 Å². The molecule has 0 saturated heterocycles. The lowest BCUT2D eigenvalue weighted by atomic mass is 10.00. The van der Waals surface area contributed by atoms with E-state index in [1.54, 1.807) is 6.07 Å². The van der Waals surface area contributed by atoms with Gasteiger partial charge in [0.25, 0.3) is 0 Å². The van der Waals surface area contributed by atoms with Crippen molar-refractivity contribution < 1.29 is 9.13 Å². The standard InChI is InChI=1S/C12H15ClFNO/c1-2-6-15-10-5-7-16-12-8(10)3-4-9(13)11(12)14/h3-4,10,15H,2,5-7H2,1H3. The summed E-state index contributed by atoms with van der Waals surface area (Å²) >= 11 is 5.72. The molecule has 0 aromatic heterocycles. The minimum absolute atomic E-state index is 0.120. The molecule has 0 bridgehead atoms. The van der Waals surface area contributed by atoms with Crippen molar-refractivity contribution in [1.29, 1.82) is 0 Å². The molecule has 88 valence electrons. The van der Waals surface area contributed by atoms with Crippen molar-refractivity contribution >= 4 is 11.6 Å². The SMILES string of the molecule is CCCNC1CCOc2c1ccc(Cl)c2F. The molecule has 16 heavy (non-hydrogen) atoms. The van der Waals surface area contributed by atoms with Crippen LogP contribution in [0.1, 0.15) is 31.4 Å². The summed E-state index contributed by atoms with van der Waals surface area (Å²) in [5.41, 5.74) is 0.876. The number of fused-ring (bicyclic) bond motifs is 1. The fraction of sp³-hybridized carbons (Fsp3) is 0.500. The van der Waals surface area contributed by atoms with Crippen molar-refractivity contribution in [1.82, 2.24) is 5.32 Å². The normalized spacial score (nSPS) is 19.1. The van der Waals surface area contributed by atoms with Gasteiger partial charge < -0.3 is 10.1 Å². The largest absolute Gasteiger partial charge is 0.490 e. The fourth-order valence-corrected chi connectivity index (χ4v) is 2.08. The summed E-state index contributed by atoms with van der Waals surface area (Å²) in [5.74, 6) is -0.130. The van der Waals surface area contributed by atoms with E-state index < -0.39 is 5.82 Å². The molecular formula is C12H15ClFNO. The van der Waals surface area contributed by atoms with E-state index in [4.69, 9.17) is 16.3 Å². The van der Waals surface area contributed by atoms with Gasteiger partial charge in [-0.05, 0) is 19.0 Å². The molecule has 0 aliphatic carbocycles. The zero-order chi connectivity index (χ0) is 11.5. The van der Waals surface area contributed by atoms with Gasteiger partial charge in [-0.2, -0.15) is 0 Å². The second-order valence-corrected chi connectivity index (χ2v) is 4.33. The molecule has 4 heteroatoms. The Hall–Kier alpha value is -0.800. The number of hydrogen-bond acceptors (Lipinski definition) is 2. The molecule has 1 unspecified atom stereocenters. The van der Waals surface area contributed by atoms with Crippen LogP contribution in [0.2, 0.25) is 5.02 Å². The van der Waals surface area contributed by atoms with E-state index in [2.05, 4.69) is 12.2 Å². The van der Waals surface area contributed by atoms with E-state index in [0.29, 0.717) is 12.4 Å². The van der Waals surface area contributed by atoms with Gasteiger partial charge in [-0.1, -0.05) is 24.6 Å². The highest BCUT2D eigenvalue weighted by Gasteiger charge is 2.24. The first kappa shape index (κ1) is 11.7. The highest BCUT2D eigenvalue weighted by Crippen LogP contribution is 2.37. The van der Waals surface area contributed by atoms with Gasteiger partial charge in [-0.3, -0.25) is 0 Å². The molecule has 0 fully saturated rings. The van der Waals surface area contributed by atoms with E-state index >= 15 is 0 Å². The Morgan fingerprint density at radius 2 is 2.38 bits per heavy atom. The van der Waals surface area contributed by atoms with Gasteiger partial charge >= 0.3 is 0 Å². The van der Waals surface area contributed by atoms with E-state index in [-0.39, 0.29) is 11.1 Å². The van der Waals surface area contributed by atoms with Crippen LogP contribution in [0.4, 0.5) is 4.39 Å². The van der Waals surface area contributed by atoms with Gasteiger partial charge in [0, 0.05) is 18.0 Å². The van der Waals surface area contributed by atoms with Crippen molar-refractivity contribution in [2.24, 2.45) is 0 Å². The summed E-state index contributed by atoms with van der Waals surface area (Å²) in [6, 6.07) is 3.61. The van der Waals surface area contributed by atoms with Gasteiger partial charge in [0.2, 0.25) is 0 Å². The Morgan fingerprint density at radius 1 is 1.56 bits per heavy atom. The molecule has 0 saturated carbocycles. The number of halogens is 2. The zero-order valence-electron chi connectivity index (χ0n) is 9.22. The molecular weight excluding hydrogens is 229 g/mol. The average molecular weight is 244 g/mol. The second-order valence-electron chi connectivity index (χ2n) is 3.92. The molecule has 2 nitrogen and oxygen atoms in total. The van der Waals surface area contributed by atoms with E-state index in [1.165, 1.54) is 0 Å². The fourth-order valence-electron chi connectivity index (χ4n) is 1.93. The first-order valence-corrected chi connectivity index (χ1v) is 5.96. The minimum Gasteiger partial charge on any atom is -0.490 e. The van der Waals surface area contributed by atoms with Crippen LogP contribution in [-0.4, -0.2) is 13.2 Å². The van der Waals surface area contributed by atoms with Crippen molar-refractivity contribution in [3.05, 3.63) is 28.5 Å². The number of hydrogen-bond donors (Lipinski definition) is 1. The highest BCUT2D eigenvalue weighted by molar-refractivity contribution is 6.30. The van der Waals surface area contributed by atoms with Gasteiger partial charge in [-0.15, -0.1) is 0 Å². The minimum atomic E-state index is -0.442. The summed E-state index contributed by atoms with van der Waals surface area (Å²) in [6.07, 6.45) is 1.93. The van der Waals surface area contributed by atoms with Gasteiger partial charge in [-0.25, -0.2) is 4.39 Å². The quantitative estimate of drug-likeness (QED) is 0.880. The third-order valence-electron chi connectivity index (χ3n) is 2.75. The maximum atomic E-state index is 13.7. The van der Waals surface area contributed by atoms with E-state index in [9.17, 15) is 4.39 Å². The van der Waals surface area contributed by atoms with Crippen LogP contribution < -0.4 is 10.1 Å². The van der Waals surface area contributed by atoms with Crippen LogP contribution in [0, 0.1) is 5.82 Å². The molecule has 1 aliphatic rings. The number of benzene rings is 1. The zero-order valence-corrected chi connectivity index (χ0v) is 9.98. The molecule has 1 N–H and O–H groups in total. The van der Waals surface area contributed by atoms with Gasteiger partial charge in [0.1, 0.15) is 0 Å². The molecule has 1 heterocycles. The van der Waals surface area contributed by atoms with E-state index in [1.807, 2.05) is 6.07 Å². The summed E-state index contributed by atoms with van der Waals surface area (Å²) < 4.78 is 19.0. The number of rotatable bonds is 3. The topological polar surface area (TPSA) is 21.3 Å². The van der Waals surface area contributed by atoms with E-state index in [0.717, 1.165) is 24.9 Å². The number of ether oxygens (including phenoxy) is 1. The predicted molar refractivity (Wildman–Crippen MR) is 62.6 cm³/mol. The Morgan fingerprint density at radius 3 is 3.12 bits per heavy atom. The first-order chi connectivity index (χ1) is 7.74. The predicted octanol–water partition coefficient (Wildman–Crippen LogP) is 3.30. The molecule has 1 atom stereocenters. The Bertz CT molecular complexity index is 384. The van der Waals surface area contributed by atoms with Crippen LogP contribution in [0.5, 0.6) is 5.75 Å². The molecule has 2 rings (SSSR count). The Labute approximate surface area is 99.7 Å². The lowest BCUT2D eigenvalue weighted by Gasteiger charge is -2.27. The third kappa shape index (κ3) is 2.15. The molecule has 0 radical (unpaired) electrons. The molecule has 0 spiro atoms. The second kappa shape index (κ2) is 5.02. The van der Waals surface area contributed by atoms with Gasteiger partial charge in [0.05, 0.1) is 11.6 Å². The van der Waals surface area contributed by atoms with Crippen LogP contribution in [0.15, 0.2) is 12.1 Å². The van der Waals surface area contributed by atoms with Crippen molar-refractivity contribution in [3.63, 3.8) is 0 Å². The molecule has 1 aliphatic heterocycles. The molecule has 1 aromatic carbocycles. The summed E-state index contributed by atoms with van der Waals surface area (Å²) in [4.78, 5) is 0. The highest BCUT2D eigenvalue weighted by atomic mass is 35.5. The lowest BCUT2D eigenvalue weighted by Crippen LogP contribution is -2.28. The number of nitrogens with one attached hydrogen (secondary N) is 1. The van der Waals surface area contributed by atoms with Crippen LogP contribution in [0.25, 0.3) is 0 Å². The lowest BCUT2D eigenvalue weighted by molar-refractivity contribution is 0.241. The van der Waals surface area contributed by atoms with Crippen LogP contribution >= 0.6 is 11.6 Å². The monoisotopic (exact) mass is 243 g/mol. The Kier molecular flexibility index (Phi) is 3.66. The maximum Gasteiger partial charge on any atom is 0.183 e. The van der Waals surface area contributed by atoms with Crippen LogP contribution in [0.3, 0.4) is 0 Å².